The average Bonchev–Trinajstić information content (AvgIpc) is 2.68. The Morgan fingerprint density at radius 1 is 1.03 bits per heavy atom. The van der Waals surface area contributed by atoms with Gasteiger partial charge >= 0.3 is 0 Å². The van der Waals surface area contributed by atoms with E-state index in [0.717, 1.165) is 11.3 Å². The minimum absolute atomic E-state index is 0.0715. The summed E-state index contributed by atoms with van der Waals surface area (Å²) in [5, 5.41) is 6.60. The van der Waals surface area contributed by atoms with Crippen LogP contribution in [0.2, 0.25) is 5.02 Å². The molecular formula is C21H23ClN4O2S. The Hall–Kier alpha value is -2.64. The number of carbonyl (C=O) groups is 2. The van der Waals surface area contributed by atoms with E-state index in [4.69, 9.17) is 23.8 Å². The first-order valence-corrected chi connectivity index (χ1v) is 10.1. The van der Waals surface area contributed by atoms with Gasteiger partial charge in [-0.15, -0.1) is 0 Å². The third kappa shape index (κ3) is 5.05. The van der Waals surface area contributed by atoms with Crippen LogP contribution in [0.3, 0.4) is 0 Å². The van der Waals surface area contributed by atoms with E-state index in [0.29, 0.717) is 42.5 Å². The fourth-order valence-electron chi connectivity index (χ4n) is 3.33. The molecule has 0 bridgehead atoms. The van der Waals surface area contributed by atoms with Crippen LogP contribution in [-0.2, 0) is 4.79 Å². The van der Waals surface area contributed by atoms with E-state index in [1.54, 1.807) is 13.0 Å². The Labute approximate surface area is 180 Å². The van der Waals surface area contributed by atoms with E-state index >= 15 is 0 Å². The van der Waals surface area contributed by atoms with Crippen molar-refractivity contribution in [2.24, 2.45) is 0 Å². The highest BCUT2D eigenvalue weighted by molar-refractivity contribution is 7.80. The molecule has 1 heterocycles. The summed E-state index contributed by atoms with van der Waals surface area (Å²) in [7, 11) is 0. The molecular weight excluding hydrogens is 408 g/mol. The van der Waals surface area contributed by atoms with Crippen molar-refractivity contribution in [3.8, 4) is 0 Å². The average molecular weight is 431 g/mol. The molecule has 6 nitrogen and oxygen atoms in total. The Morgan fingerprint density at radius 2 is 1.72 bits per heavy atom. The predicted molar refractivity (Wildman–Crippen MR) is 121 cm³/mol. The molecule has 0 aromatic heterocycles. The van der Waals surface area contributed by atoms with Crippen molar-refractivity contribution in [3.63, 3.8) is 0 Å². The van der Waals surface area contributed by atoms with Crippen LogP contribution in [-0.4, -0.2) is 48.0 Å². The van der Waals surface area contributed by atoms with Gasteiger partial charge in [0.1, 0.15) is 0 Å². The van der Waals surface area contributed by atoms with Crippen molar-refractivity contribution in [2.75, 3.05) is 36.4 Å². The number of aryl methyl sites for hydroxylation is 1. The molecule has 1 aliphatic rings. The number of nitrogens with zero attached hydrogens (tertiary/aromatic N) is 2. The number of para-hydroxylation sites is 1. The molecule has 0 saturated carbocycles. The second-order valence-electron chi connectivity index (χ2n) is 6.85. The summed E-state index contributed by atoms with van der Waals surface area (Å²) in [6.45, 7) is 6.05. The summed E-state index contributed by atoms with van der Waals surface area (Å²) in [4.78, 5) is 28.0. The number of thiocarbonyl (C=S) groups is 1. The first-order chi connectivity index (χ1) is 13.9. The molecule has 1 fully saturated rings. The lowest BCUT2D eigenvalue weighted by Crippen LogP contribution is -2.48. The van der Waals surface area contributed by atoms with Gasteiger partial charge in [-0.2, -0.15) is 0 Å². The zero-order valence-corrected chi connectivity index (χ0v) is 17.9. The van der Waals surface area contributed by atoms with Crippen LogP contribution in [0.25, 0.3) is 0 Å². The maximum absolute atomic E-state index is 12.5. The van der Waals surface area contributed by atoms with Crippen molar-refractivity contribution in [1.29, 1.82) is 0 Å². The smallest absolute Gasteiger partial charge is 0.257 e. The topological polar surface area (TPSA) is 64.7 Å². The summed E-state index contributed by atoms with van der Waals surface area (Å²) in [5.74, 6) is -0.193. The van der Waals surface area contributed by atoms with Crippen molar-refractivity contribution in [3.05, 3.63) is 58.6 Å². The van der Waals surface area contributed by atoms with Crippen LogP contribution in [0.15, 0.2) is 42.5 Å². The quantitative estimate of drug-likeness (QED) is 0.730. The third-order valence-electron chi connectivity index (χ3n) is 4.89. The Kier molecular flexibility index (Phi) is 6.71. The highest BCUT2D eigenvalue weighted by Crippen LogP contribution is 2.34. The highest BCUT2D eigenvalue weighted by Gasteiger charge is 2.23. The van der Waals surface area contributed by atoms with Gasteiger partial charge in [-0.1, -0.05) is 35.9 Å². The predicted octanol–water partition coefficient (Wildman–Crippen LogP) is 3.44. The normalized spacial score (nSPS) is 13.8. The summed E-state index contributed by atoms with van der Waals surface area (Å²) < 4.78 is 0. The molecule has 0 atom stereocenters. The molecule has 2 aromatic carbocycles. The van der Waals surface area contributed by atoms with E-state index in [1.165, 1.54) is 0 Å². The highest BCUT2D eigenvalue weighted by atomic mass is 35.5. The fraction of sp³-hybridized carbons (Fsp3) is 0.286. The molecule has 2 N–H and O–H groups in total. The van der Waals surface area contributed by atoms with Crippen LogP contribution in [0.5, 0.6) is 0 Å². The summed E-state index contributed by atoms with van der Waals surface area (Å²) in [6.07, 6.45) is 0. The number of anilines is 2. The lowest BCUT2D eigenvalue weighted by molar-refractivity contribution is -0.129. The largest absolute Gasteiger partial charge is 0.365 e. The molecule has 2 aromatic rings. The molecule has 3 rings (SSSR count). The van der Waals surface area contributed by atoms with E-state index < -0.39 is 0 Å². The number of carbonyl (C=O) groups excluding carboxylic acids is 2. The second kappa shape index (κ2) is 9.24. The molecule has 152 valence electrons. The number of hydrogen-bond donors (Lipinski definition) is 2. The van der Waals surface area contributed by atoms with Crippen LogP contribution < -0.4 is 15.5 Å². The number of rotatable bonds is 3. The molecule has 1 saturated heterocycles. The zero-order valence-electron chi connectivity index (χ0n) is 16.4. The van der Waals surface area contributed by atoms with Crippen molar-refractivity contribution in [1.82, 2.24) is 10.2 Å². The van der Waals surface area contributed by atoms with Crippen molar-refractivity contribution < 1.29 is 9.59 Å². The van der Waals surface area contributed by atoms with Crippen molar-refractivity contribution in [2.45, 2.75) is 13.8 Å². The molecule has 0 aliphatic carbocycles. The van der Waals surface area contributed by atoms with E-state index in [9.17, 15) is 9.59 Å². The third-order valence-corrected chi connectivity index (χ3v) is 5.40. The number of hydrogen-bond acceptors (Lipinski definition) is 4. The van der Waals surface area contributed by atoms with E-state index in [-0.39, 0.29) is 16.9 Å². The summed E-state index contributed by atoms with van der Waals surface area (Å²) in [5.41, 5.74) is 2.97. The van der Waals surface area contributed by atoms with Crippen molar-refractivity contribution >= 4 is 52.1 Å². The number of amides is 2. The minimum atomic E-state index is -0.265. The molecule has 8 heteroatoms. The Balaban J connectivity index is 1.72. The first-order valence-electron chi connectivity index (χ1n) is 9.33. The lowest BCUT2D eigenvalue weighted by Gasteiger charge is -2.37. The van der Waals surface area contributed by atoms with Crippen LogP contribution in [0, 0.1) is 6.92 Å². The second-order valence-corrected chi connectivity index (χ2v) is 7.67. The maximum atomic E-state index is 12.5. The number of benzene rings is 2. The Bertz CT molecular complexity index is 942. The van der Waals surface area contributed by atoms with Gasteiger partial charge in [-0.25, -0.2) is 0 Å². The molecule has 2 amide bonds. The monoisotopic (exact) mass is 430 g/mol. The first kappa shape index (κ1) is 21.1. The van der Waals surface area contributed by atoms with Crippen LogP contribution in [0.1, 0.15) is 22.8 Å². The number of nitrogens with one attached hydrogen (secondary N) is 2. The van der Waals surface area contributed by atoms with Gasteiger partial charge in [0.15, 0.2) is 5.11 Å². The van der Waals surface area contributed by atoms with Gasteiger partial charge in [-0.3, -0.25) is 14.9 Å². The number of halogens is 1. The fourth-order valence-corrected chi connectivity index (χ4v) is 3.83. The van der Waals surface area contributed by atoms with Crippen LogP contribution in [0.4, 0.5) is 11.4 Å². The summed E-state index contributed by atoms with van der Waals surface area (Å²) >= 11 is 11.8. The minimum Gasteiger partial charge on any atom is -0.365 e. The molecule has 0 spiro atoms. The van der Waals surface area contributed by atoms with Gasteiger partial charge in [0.05, 0.1) is 16.4 Å². The molecule has 0 unspecified atom stereocenters. The molecule has 29 heavy (non-hydrogen) atoms. The van der Waals surface area contributed by atoms with Gasteiger partial charge in [-0.05, 0) is 42.9 Å². The van der Waals surface area contributed by atoms with E-state index in [2.05, 4.69) is 15.5 Å². The lowest BCUT2D eigenvalue weighted by atomic mass is 10.1. The van der Waals surface area contributed by atoms with Gasteiger partial charge in [0.25, 0.3) is 5.91 Å². The standard InChI is InChI=1S/C21H23ClN4O2S/c1-14-6-3-4-7-16(14)20(28)24-21(29)23-18-9-5-8-17(22)19(18)26-12-10-25(11-13-26)15(2)27/h3-9H,10-13H2,1-2H3,(H2,23,24,28,29). The SMILES string of the molecule is CC(=O)N1CCN(c2c(Cl)cccc2NC(=S)NC(=O)c2ccccc2C)CC1. The Morgan fingerprint density at radius 3 is 2.38 bits per heavy atom. The van der Waals surface area contributed by atoms with Gasteiger partial charge in [0, 0.05) is 38.7 Å². The van der Waals surface area contributed by atoms with Gasteiger partial charge < -0.3 is 15.1 Å². The molecule has 0 radical (unpaired) electrons. The number of piperazine rings is 1. The zero-order chi connectivity index (χ0) is 21.0. The van der Waals surface area contributed by atoms with Crippen LogP contribution >= 0.6 is 23.8 Å². The summed E-state index contributed by atoms with van der Waals surface area (Å²) in [6, 6.07) is 12.8. The van der Waals surface area contributed by atoms with Gasteiger partial charge in [0.2, 0.25) is 5.91 Å². The van der Waals surface area contributed by atoms with E-state index in [1.807, 2.05) is 48.2 Å². The maximum Gasteiger partial charge on any atom is 0.257 e. The molecule has 1 aliphatic heterocycles.